The summed E-state index contributed by atoms with van der Waals surface area (Å²) in [5.41, 5.74) is 2.05. The van der Waals surface area contributed by atoms with Gasteiger partial charge in [0.05, 0.1) is 4.90 Å². The lowest BCUT2D eigenvalue weighted by molar-refractivity contribution is 0.102. The van der Waals surface area contributed by atoms with Crippen molar-refractivity contribution in [2.75, 3.05) is 18.4 Å². The van der Waals surface area contributed by atoms with Gasteiger partial charge in [-0.2, -0.15) is 0 Å². The van der Waals surface area contributed by atoms with Crippen LogP contribution in [0.2, 0.25) is 0 Å². The molecule has 2 atom stereocenters. The van der Waals surface area contributed by atoms with Gasteiger partial charge in [0.25, 0.3) is 5.91 Å². The minimum atomic E-state index is -3.72. The third-order valence-electron chi connectivity index (χ3n) is 6.25. The Morgan fingerprint density at radius 2 is 1.75 bits per heavy atom. The maximum Gasteiger partial charge on any atom is 0.255 e. The SMILES string of the molecule is CC[C@@H]1CNCC[C@@H]1NS(=O)(=O)c1ccc(NC(=O)c2ccccc2C)c2ccccc12. The Balaban J connectivity index is 1.67. The van der Waals surface area contributed by atoms with Gasteiger partial charge in [-0.1, -0.05) is 55.8 Å². The molecule has 1 aliphatic rings. The molecule has 0 saturated carbocycles. The second kappa shape index (κ2) is 9.40. The predicted octanol–water partition coefficient (Wildman–Crippen LogP) is 4.07. The van der Waals surface area contributed by atoms with Crippen LogP contribution in [0, 0.1) is 12.8 Å². The first kappa shape index (κ1) is 22.5. The molecule has 1 saturated heterocycles. The fourth-order valence-electron chi connectivity index (χ4n) is 4.40. The predicted molar refractivity (Wildman–Crippen MR) is 128 cm³/mol. The van der Waals surface area contributed by atoms with Crippen LogP contribution in [0.4, 0.5) is 5.69 Å². The van der Waals surface area contributed by atoms with E-state index in [9.17, 15) is 13.2 Å². The van der Waals surface area contributed by atoms with Crippen molar-refractivity contribution in [3.63, 3.8) is 0 Å². The van der Waals surface area contributed by atoms with Crippen LogP contribution in [0.25, 0.3) is 10.8 Å². The summed E-state index contributed by atoms with van der Waals surface area (Å²) in [4.78, 5) is 13.1. The molecule has 3 aromatic carbocycles. The average Bonchev–Trinajstić information content (AvgIpc) is 2.79. The lowest BCUT2D eigenvalue weighted by Crippen LogP contribution is -2.49. The van der Waals surface area contributed by atoms with Crippen molar-refractivity contribution in [3.8, 4) is 0 Å². The van der Waals surface area contributed by atoms with Gasteiger partial charge in [0.15, 0.2) is 0 Å². The Morgan fingerprint density at radius 1 is 1.03 bits per heavy atom. The minimum Gasteiger partial charge on any atom is -0.321 e. The number of carbonyl (C=O) groups is 1. The van der Waals surface area contributed by atoms with Crippen LogP contribution in [0.5, 0.6) is 0 Å². The zero-order valence-corrected chi connectivity index (χ0v) is 19.2. The molecule has 1 heterocycles. The first-order valence-corrected chi connectivity index (χ1v) is 12.5. The Hall–Kier alpha value is -2.74. The molecule has 0 aromatic heterocycles. The number of aryl methyl sites for hydroxylation is 1. The number of sulfonamides is 1. The lowest BCUT2D eigenvalue weighted by Gasteiger charge is -2.32. The molecule has 0 unspecified atom stereocenters. The van der Waals surface area contributed by atoms with Crippen LogP contribution in [-0.2, 0) is 10.0 Å². The second-order valence-corrected chi connectivity index (χ2v) is 10.00. The van der Waals surface area contributed by atoms with Crippen molar-refractivity contribution in [2.24, 2.45) is 5.92 Å². The van der Waals surface area contributed by atoms with E-state index in [2.05, 4.69) is 22.3 Å². The molecule has 0 radical (unpaired) electrons. The van der Waals surface area contributed by atoms with Crippen LogP contribution < -0.4 is 15.4 Å². The van der Waals surface area contributed by atoms with Crippen molar-refractivity contribution in [1.29, 1.82) is 0 Å². The average molecular weight is 452 g/mol. The molecule has 6 nitrogen and oxygen atoms in total. The Morgan fingerprint density at radius 3 is 2.50 bits per heavy atom. The Bertz CT molecular complexity index is 1240. The zero-order valence-electron chi connectivity index (χ0n) is 18.4. The smallest absolute Gasteiger partial charge is 0.255 e. The number of hydrogen-bond acceptors (Lipinski definition) is 4. The molecule has 0 bridgehead atoms. The summed E-state index contributed by atoms with van der Waals surface area (Å²) in [6.45, 7) is 5.58. The summed E-state index contributed by atoms with van der Waals surface area (Å²) < 4.78 is 29.7. The van der Waals surface area contributed by atoms with Gasteiger partial charge < -0.3 is 10.6 Å². The number of hydrogen-bond donors (Lipinski definition) is 3. The van der Waals surface area contributed by atoms with E-state index in [0.717, 1.165) is 31.5 Å². The third kappa shape index (κ3) is 4.55. The molecule has 32 heavy (non-hydrogen) atoms. The van der Waals surface area contributed by atoms with E-state index in [4.69, 9.17) is 0 Å². The summed E-state index contributed by atoms with van der Waals surface area (Å²) in [5.74, 6) is 0.0416. The molecule has 3 aromatic rings. The molecule has 0 spiro atoms. The van der Waals surface area contributed by atoms with Gasteiger partial charge in [-0.05, 0) is 56.1 Å². The first-order valence-electron chi connectivity index (χ1n) is 11.0. The van der Waals surface area contributed by atoms with Gasteiger partial charge in [-0.3, -0.25) is 4.79 Å². The van der Waals surface area contributed by atoms with Crippen molar-refractivity contribution >= 4 is 32.4 Å². The summed E-state index contributed by atoms with van der Waals surface area (Å²) in [6, 6.07) is 17.8. The normalized spacial score (nSPS) is 19.1. The molecule has 7 heteroatoms. The second-order valence-electron chi connectivity index (χ2n) is 8.31. The van der Waals surface area contributed by atoms with Crippen LogP contribution in [0.15, 0.2) is 65.6 Å². The number of fused-ring (bicyclic) bond motifs is 1. The molecular weight excluding hydrogens is 422 g/mol. The number of rotatable bonds is 6. The van der Waals surface area contributed by atoms with Crippen molar-refractivity contribution in [1.82, 2.24) is 10.0 Å². The number of benzene rings is 3. The van der Waals surface area contributed by atoms with Gasteiger partial charge in [0.1, 0.15) is 0 Å². The zero-order chi connectivity index (χ0) is 22.7. The van der Waals surface area contributed by atoms with Crippen LogP contribution in [0.3, 0.4) is 0 Å². The number of anilines is 1. The third-order valence-corrected chi connectivity index (χ3v) is 7.80. The molecule has 3 N–H and O–H groups in total. The number of carbonyl (C=O) groups excluding carboxylic acids is 1. The van der Waals surface area contributed by atoms with E-state index < -0.39 is 10.0 Å². The largest absolute Gasteiger partial charge is 0.321 e. The standard InChI is InChI=1S/C25H29N3O3S/c1-3-18-16-26-15-14-22(18)28-32(30,31)24-13-12-23(20-10-6-7-11-21(20)24)27-25(29)19-9-5-4-8-17(19)2/h4-13,18,22,26,28H,3,14-16H2,1-2H3,(H,27,29)/t18-,22+/m1/s1. The van der Waals surface area contributed by atoms with Crippen LogP contribution in [-0.4, -0.2) is 33.5 Å². The fourth-order valence-corrected chi connectivity index (χ4v) is 5.95. The highest BCUT2D eigenvalue weighted by molar-refractivity contribution is 7.89. The van der Waals surface area contributed by atoms with Crippen molar-refractivity contribution in [2.45, 2.75) is 37.6 Å². The van der Waals surface area contributed by atoms with E-state index in [1.807, 2.05) is 43.3 Å². The number of nitrogens with one attached hydrogen (secondary N) is 3. The Kier molecular flexibility index (Phi) is 6.60. The minimum absolute atomic E-state index is 0.0922. The Labute approximate surface area is 189 Å². The van der Waals surface area contributed by atoms with Gasteiger partial charge in [0.2, 0.25) is 10.0 Å². The molecule has 4 rings (SSSR count). The van der Waals surface area contributed by atoms with Gasteiger partial charge in [-0.15, -0.1) is 0 Å². The molecular formula is C25H29N3O3S. The summed E-state index contributed by atoms with van der Waals surface area (Å²) in [6.07, 6.45) is 1.67. The van der Waals surface area contributed by atoms with Gasteiger partial charge in [-0.25, -0.2) is 13.1 Å². The maximum atomic E-state index is 13.4. The highest BCUT2D eigenvalue weighted by Gasteiger charge is 2.29. The first-order chi connectivity index (χ1) is 15.4. The van der Waals surface area contributed by atoms with Crippen molar-refractivity contribution in [3.05, 3.63) is 71.8 Å². The quantitative estimate of drug-likeness (QED) is 0.527. The lowest BCUT2D eigenvalue weighted by atomic mass is 9.92. The van der Waals surface area contributed by atoms with E-state index in [-0.39, 0.29) is 22.8 Å². The number of piperidine rings is 1. The van der Waals surface area contributed by atoms with E-state index in [0.29, 0.717) is 22.0 Å². The highest BCUT2D eigenvalue weighted by Crippen LogP contribution is 2.31. The molecule has 168 valence electrons. The van der Waals surface area contributed by atoms with E-state index in [1.165, 1.54) is 0 Å². The van der Waals surface area contributed by atoms with Crippen LogP contribution >= 0.6 is 0 Å². The van der Waals surface area contributed by atoms with E-state index >= 15 is 0 Å². The summed E-state index contributed by atoms with van der Waals surface area (Å²) >= 11 is 0. The maximum absolute atomic E-state index is 13.4. The van der Waals surface area contributed by atoms with Gasteiger partial charge in [0, 0.05) is 28.1 Å². The van der Waals surface area contributed by atoms with Crippen molar-refractivity contribution < 1.29 is 13.2 Å². The monoisotopic (exact) mass is 451 g/mol. The molecule has 1 aliphatic heterocycles. The summed E-state index contributed by atoms with van der Waals surface area (Å²) in [7, 11) is -3.72. The van der Waals surface area contributed by atoms with Gasteiger partial charge >= 0.3 is 0 Å². The molecule has 1 amide bonds. The van der Waals surface area contributed by atoms with E-state index in [1.54, 1.807) is 24.3 Å². The number of amides is 1. The van der Waals surface area contributed by atoms with Crippen LogP contribution in [0.1, 0.15) is 35.7 Å². The molecule has 0 aliphatic carbocycles. The molecule has 1 fully saturated rings. The topological polar surface area (TPSA) is 87.3 Å². The summed E-state index contributed by atoms with van der Waals surface area (Å²) in [5, 5.41) is 7.57. The fraction of sp³-hybridized carbons (Fsp3) is 0.320. The highest BCUT2D eigenvalue weighted by atomic mass is 32.2.